The second kappa shape index (κ2) is 6.99. The molecule has 2 saturated carbocycles. The van der Waals surface area contributed by atoms with Gasteiger partial charge in [0.15, 0.2) is 0 Å². The minimum atomic E-state index is -0.244. The maximum Gasteiger partial charge on any atom is 0.233 e. The second-order valence-corrected chi connectivity index (χ2v) is 7.15. The van der Waals surface area contributed by atoms with Crippen LogP contribution in [-0.4, -0.2) is 46.4 Å². The summed E-state index contributed by atoms with van der Waals surface area (Å²) in [7, 11) is 0. The van der Waals surface area contributed by atoms with Crippen LogP contribution in [0.4, 0.5) is 0 Å². The third-order valence-electron chi connectivity index (χ3n) is 5.56. The Kier molecular flexibility index (Phi) is 4.99. The number of hydrogen-bond donors (Lipinski definition) is 2. The van der Waals surface area contributed by atoms with Crippen LogP contribution < -0.4 is 5.32 Å². The summed E-state index contributed by atoms with van der Waals surface area (Å²) in [6, 6.07) is 0.110. The third kappa shape index (κ3) is 3.57. The molecule has 2 atom stereocenters. The van der Waals surface area contributed by atoms with E-state index in [1.807, 2.05) is 0 Å². The number of rotatable bonds is 4. The lowest BCUT2D eigenvalue weighted by Gasteiger charge is -2.26. The molecule has 3 aliphatic rings. The van der Waals surface area contributed by atoms with Crippen molar-refractivity contribution in [3.8, 4) is 0 Å². The lowest BCUT2D eigenvalue weighted by molar-refractivity contribution is -0.140. The molecule has 1 heterocycles. The van der Waals surface area contributed by atoms with Gasteiger partial charge < -0.3 is 10.4 Å². The average Bonchev–Trinajstić information content (AvgIpc) is 2.80. The normalized spacial score (nSPS) is 34.4. The van der Waals surface area contributed by atoms with Crippen molar-refractivity contribution in [3.63, 3.8) is 0 Å². The van der Waals surface area contributed by atoms with E-state index in [-0.39, 0.29) is 54.7 Å². The third-order valence-corrected chi connectivity index (χ3v) is 5.56. The Morgan fingerprint density at radius 3 is 2.13 bits per heavy atom. The second-order valence-electron chi connectivity index (χ2n) is 7.15. The van der Waals surface area contributed by atoms with E-state index in [4.69, 9.17) is 0 Å². The van der Waals surface area contributed by atoms with Crippen LogP contribution in [0.25, 0.3) is 0 Å². The number of likely N-dealkylation sites (tertiary alicyclic amines) is 1. The first-order chi connectivity index (χ1) is 11.1. The van der Waals surface area contributed by atoms with E-state index in [0.29, 0.717) is 0 Å². The van der Waals surface area contributed by atoms with Gasteiger partial charge in [-0.05, 0) is 38.5 Å². The number of amides is 3. The monoisotopic (exact) mass is 322 g/mol. The minimum Gasteiger partial charge on any atom is -0.393 e. The number of hydrogen-bond acceptors (Lipinski definition) is 4. The van der Waals surface area contributed by atoms with Gasteiger partial charge in [-0.3, -0.25) is 19.3 Å². The molecule has 0 aromatic carbocycles. The van der Waals surface area contributed by atoms with Crippen molar-refractivity contribution in [3.05, 3.63) is 0 Å². The van der Waals surface area contributed by atoms with E-state index in [1.54, 1.807) is 0 Å². The zero-order chi connectivity index (χ0) is 16.4. The van der Waals surface area contributed by atoms with Crippen molar-refractivity contribution in [2.75, 3.05) is 6.54 Å². The fraction of sp³-hybridized carbons (Fsp3) is 0.824. The lowest BCUT2D eigenvalue weighted by atomic mass is 9.81. The molecule has 0 spiro atoms. The molecular weight excluding hydrogens is 296 g/mol. The van der Waals surface area contributed by atoms with Crippen LogP contribution in [0.3, 0.4) is 0 Å². The molecule has 0 aromatic rings. The number of nitrogens with one attached hydrogen (secondary N) is 1. The van der Waals surface area contributed by atoms with Gasteiger partial charge in [-0.2, -0.15) is 0 Å². The molecule has 0 radical (unpaired) electrons. The van der Waals surface area contributed by atoms with E-state index < -0.39 is 0 Å². The summed E-state index contributed by atoms with van der Waals surface area (Å²) in [5.41, 5.74) is 0. The van der Waals surface area contributed by atoms with Crippen molar-refractivity contribution in [1.82, 2.24) is 10.2 Å². The summed E-state index contributed by atoms with van der Waals surface area (Å²) in [5, 5.41) is 12.4. The largest absolute Gasteiger partial charge is 0.393 e. The SMILES string of the molecule is O=C(CCN1C(=O)[C@H]2CCCC[C@@H]2C1=O)NC1CCC(O)CC1. The van der Waals surface area contributed by atoms with Crippen molar-refractivity contribution >= 4 is 17.7 Å². The smallest absolute Gasteiger partial charge is 0.233 e. The molecule has 2 aliphatic carbocycles. The Morgan fingerprint density at radius 2 is 1.57 bits per heavy atom. The fourth-order valence-electron chi connectivity index (χ4n) is 4.18. The average molecular weight is 322 g/mol. The quantitative estimate of drug-likeness (QED) is 0.755. The van der Waals surface area contributed by atoms with E-state index in [2.05, 4.69) is 5.32 Å². The molecule has 0 bridgehead atoms. The van der Waals surface area contributed by atoms with E-state index in [9.17, 15) is 19.5 Å². The highest BCUT2D eigenvalue weighted by Crippen LogP contribution is 2.37. The molecule has 1 saturated heterocycles. The molecule has 1 aliphatic heterocycles. The van der Waals surface area contributed by atoms with Gasteiger partial charge in [0.05, 0.1) is 17.9 Å². The maximum atomic E-state index is 12.3. The maximum absolute atomic E-state index is 12.3. The van der Waals surface area contributed by atoms with Crippen molar-refractivity contribution in [2.45, 2.75) is 69.9 Å². The van der Waals surface area contributed by atoms with E-state index in [1.165, 1.54) is 4.90 Å². The Hall–Kier alpha value is -1.43. The number of fused-ring (bicyclic) bond motifs is 1. The van der Waals surface area contributed by atoms with Gasteiger partial charge in [-0.1, -0.05) is 12.8 Å². The molecule has 3 fully saturated rings. The summed E-state index contributed by atoms with van der Waals surface area (Å²) >= 11 is 0. The van der Waals surface area contributed by atoms with Gasteiger partial charge in [0.25, 0.3) is 0 Å². The number of carbonyl (C=O) groups excluding carboxylic acids is 3. The zero-order valence-corrected chi connectivity index (χ0v) is 13.5. The molecule has 6 nitrogen and oxygen atoms in total. The zero-order valence-electron chi connectivity index (χ0n) is 13.5. The first-order valence-electron chi connectivity index (χ1n) is 8.89. The Morgan fingerprint density at radius 1 is 1.00 bits per heavy atom. The van der Waals surface area contributed by atoms with Gasteiger partial charge in [0, 0.05) is 19.0 Å². The molecule has 0 aromatic heterocycles. The predicted molar refractivity (Wildman–Crippen MR) is 83.2 cm³/mol. The van der Waals surface area contributed by atoms with Crippen LogP contribution >= 0.6 is 0 Å². The summed E-state index contributed by atoms with van der Waals surface area (Å²) in [6.07, 6.45) is 6.60. The Balaban J connectivity index is 1.47. The molecule has 23 heavy (non-hydrogen) atoms. The summed E-state index contributed by atoms with van der Waals surface area (Å²) < 4.78 is 0. The van der Waals surface area contributed by atoms with Gasteiger partial charge in [0.1, 0.15) is 0 Å². The minimum absolute atomic E-state index is 0.0757. The van der Waals surface area contributed by atoms with Crippen LogP contribution in [0, 0.1) is 11.8 Å². The molecule has 128 valence electrons. The molecule has 6 heteroatoms. The van der Waals surface area contributed by atoms with Crippen LogP contribution in [0.2, 0.25) is 0 Å². The van der Waals surface area contributed by atoms with Gasteiger partial charge in [-0.25, -0.2) is 0 Å². The van der Waals surface area contributed by atoms with Gasteiger partial charge >= 0.3 is 0 Å². The Labute approximate surface area is 136 Å². The molecular formula is C17H26N2O4. The highest BCUT2D eigenvalue weighted by molar-refractivity contribution is 6.05. The first kappa shape index (κ1) is 16.4. The number of carbonyl (C=O) groups is 3. The van der Waals surface area contributed by atoms with Gasteiger partial charge in [-0.15, -0.1) is 0 Å². The number of aliphatic hydroxyl groups is 1. The van der Waals surface area contributed by atoms with Crippen molar-refractivity contribution < 1.29 is 19.5 Å². The molecule has 3 rings (SSSR count). The number of imide groups is 1. The first-order valence-corrected chi connectivity index (χ1v) is 8.89. The number of nitrogens with zero attached hydrogens (tertiary/aromatic N) is 1. The van der Waals surface area contributed by atoms with Crippen molar-refractivity contribution in [2.24, 2.45) is 11.8 Å². The van der Waals surface area contributed by atoms with Crippen LogP contribution in [0.15, 0.2) is 0 Å². The molecule has 3 amide bonds. The van der Waals surface area contributed by atoms with Crippen LogP contribution in [0.5, 0.6) is 0 Å². The van der Waals surface area contributed by atoms with Crippen LogP contribution in [-0.2, 0) is 14.4 Å². The highest BCUT2D eigenvalue weighted by Gasteiger charge is 2.47. The standard InChI is InChI=1S/C17H26N2O4/c20-12-7-5-11(6-8-12)18-15(21)9-10-19-16(22)13-3-1-2-4-14(13)17(19)23/h11-14,20H,1-10H2,(H,18,21)/t11?,12?,13-,14-/m0/s1. The lowest BCUT2D eigenvalue weighted by Crippen LogP contribution is -2.41. The van der Waals surface area contributed by atoms with Gasteiger partial charge in [0.2, 0.25) is 17.7 Å². The topological polar surface area (TPSA) is 86.7 Å². The highest BCUT2D eigenvalue weighted by atomic mass is 16.3. The molecule has 2 N–H and O–H groups in total. The summed E-state index contributed by atoms with van der Waals surface area (Å²) in [6.45, 7) is 0.200. The predicted octanol–water partition coefficient (Wildman–Crippen LogP) is 0.971. The number of aliphatic hydroxyl groups excluding tert-OH is 1. The summed E-state index contributed by atoms with van der Waals surface area (Å²) in [4.78, 5) is 38.0. The molecule has 0 unspecified atom stereocenters. The Bertz CT molecular complexity index is 461. The summed E-state index contributed by atoms with van der Waals surface area (Å²) in [5.74, 6) is -0.540. The fourth-order valence-corrected chi connectivity index (χ4v) is 4.18. The van der Waals surface area contributed by atoms with E-state index in [0.717, 1.165) is 51.4 Å². The van der Waals surface area contributed by atoms with Crippen LogP contribution in [0.1, 0.15) is 57.8 Å². The van der Waals surface area contributed by atoms with Crippen molar-refractivity contribution in [1.29, 1.82) is 0 Å². The van der Waals surface area contributed by atoms with E-state index >= 15 is 0 Å².